The maximum absolute atomic E-state index is 10.3. The van der Waals surface area contributed by atoms with Crippen LogP contribution in [0.5, 0.6) is 5.75 Å². The third-order valence-electron chi connectivity index (χ3n) is 4.79. The molecule has 29 heavy (non-hydrogen) atoms. The molecule has 0 aliphatic heterocycles. The van der Waals surface area contributed by atoms with Crippen molar-refractivity contribution in [2.24, 2.45) is 0 Å². The molecule has 0 aliphatic rings. The van der Waals surface area contributed by atoms with E-state index in [-0.39, 0.29) is 5.75 Å². The van der Waals surface area contributed by atoms with Gasteiger partial charge in [0.15, 0.2) is 17.5 Å². The molecule has 0 atom stereocenters. The lowest BCUT2D eigenvalue weighted by Gasteiger charge is -2.10. The topological polar surface area (TPSA) is 58.9 Å². The van der Waals surface area contributed by atoms with Gasteiger partial charge in [-0.3, -0.25) is 0 Å². The number of hydrogen-bond acceptors (Lipinski definition) is 4. The van der Waals surface area contributed by atoms with Crippen LogP contribution in [0.2, 0.25) is 0 Å². The Morgan fingerprint density at radius 1 is 0.517 bits per heavy atom. The number of aromatic nitrogens is 3. The number of hydrogen-bond donors (Lipinski definition) is 1. The first-order valence-electron chi connectivity index (χ1n) is 9.37. The number of nitrogens with zero attached hydrogens (tertiary/aromatic N) is 3. The van der Waals surface area contributed by atoms with Gasteiger partial charge >= 0.3 is 0 Å². The molecule has 0 saturated heterocycles. The van der Waals surface area contributed by atoms with E-state index in [1.807, 2.05) is 84.9 Å². The Balaban J connectivity index is 1.80. The Hall–Kier alpha value is -4.05. The first-order valence-corrected chi connectivity index (χ1v) is 9.37. The van der Waals surface area contributed by atoms with Gasteiger partial charge in [-0.1, -0.05) is 84.9 Å². The fourth-order valence-corrected chi connectivity index (χ4v) is 3.41. The van der Waals surface area contributed by atoms with Crippen molar-refractivity contribution in [3.8, 4) is 39.9 Å². The quantitative estimate of drug-likeness (QED) is 0.437. The predicted molar refractivity (Wildman–Crippen MR) is 115 cm³/mol. The molecule has 0 spiro atoms. The third-order valence-corrected chi connectivity index (χ3v) is 4.79. The lowest BCUT2D eigenvalue weighted by atomic mass is 10.0. The molecule has 1 N–H and O–H groups in total. The van der Waals surface area contributed by atoms with Crippen LogP contribution in [-0.2, 0) is 0 Å². The Morgan fingerprint density at radius 2 is 1.03 bits per heavy atom. The average molecular weight is 375 g/mol. The van der Waals surface area contributed by atoms with Gasteiger partial charge in [0.25, 0.3) is 0 Å². The highest BCUT2D eigenvalue weighted by Gasteiger charge is 2.14. The van der Waals surface area contributed by atoms with Crippen LogP contribution >= 0.6 is 0 Å². The van der Waals surface area contributed by atoms with E-state index in [4.69, 9.17) is 15.0 Å². The number of phenols is 1. The summed E-state index contributed by atoms with van der Waals surface area (Å²) in [7, 11) is 0. The highest BCUT2D eigenvalue weighted by Crippen LogP contribution is 2.32. The van der Waals surface area contributed by atoms with Crippen LogP contribution in [0.25, 0.3) is 44.9 Å². The van der Waals surface area contributed by atoms with E-state index in [0.717, 1.165) is 27.5 Å². The molecule has 1 aromatic heterocycles. The van der Waals surface area contributed by atoms with E-state index >= 15 is 0 Å². The largest absolute Gasteiger partial charge is 0.508 e. The molecular formula is C25H17N3O. The molecule has 0 radical (unpaired) electrons. The number of phenolic OH excluding ortho intramolecular Hbond substituents is 1. The normalized spacial score (nSPS) is 10.9. The van der Waals surface area contributed by atoms with Crippen LogP contribution in [-0.4, -0.2) is 20.1 Å². The average Bonchev–Trinajstić information content (AvgIpc) is 2.79. The van der Waals surface area contributed by atoms with Gasteiger partial charge < -0.3 is 5.11 Å². The van der Waals surface area contributed by atoms with Crippen molar-refractivity contribution >= 4 is 10.8 Å². The van der Waals surface area contributed by atoms with Crippen molar-refractivity contribution in [1.29, 1.82) is 0 Å². The van der Waals surface area contributed by atoms with E-state index in [0.29, 0.717) is 17.5 Å². The van der Waals surface area contributed by atoms with E-state index in [1.54, 1.807) is 12.1 Å². The number of aromatic hydroxyl groups is 1. The van der Waals surface area contributed by atoms with Crippen LogP contribution in [0.4, 0.5) is 0 Å². The van der Waals surface area contributed by atoms with Gasteiger partial charge in [0.05, 0.1) is 0 Å². The summed E-state index contributed by atoms with van der Waals surface area (Å²) >= 11 is 0. The van der Waals surface area contributed by atoms with Crippen molar-refractivity contribution < 1.29 is 5.11 Å². The fourth-order valence-electron chi connectivity index (χ4n) is 3.41. The minimum absolute atomic E-state index is 0.182. The monoisotopic (exact) mass is 375 g/mol. The predicted octanol–water partition coefficient (Wildman–Crippen LogP) is 5.73. The zero-order chi connectivity index (χ0) is 19.6. The van der Waals surface area contributed by atoms with Gasteiger partial charge in [0.2, 0.25) is 0 Å². The summed E-state index contributed by atoms with van der Waals surface area (Å²) < 4.78 is 0. The summed E-state index contributed by atoms with van der Waals surface area (Å²) in [5, 5.41) is 12.2. The molecule has 1 heterocycles. The smallest absolute Gasteiger partial charge is 0.164 e. The van der Waals surface area contributed by atoms with Crippen LogP contribution in [0.3, 0.4) is 0 Å². The highest BCUT2D eigenvalue weighted by atomic mass is 16.3. The van der Waals surface area contributed by atoms with Crippen molar-refractivity contribution in [1.82, 2.24) is 15.0 Å². The zero-order valence-corrected chi connectivity index (χ0v) is 15.5. The maximum Gasteiger partial charge on any atom is 0.164 e. The summed E-state index contributed by atoms with van der Waals surface area (Å²) in [6, 6.07) is 31.1. The van der Waals surface area contributed by atoms with Gasteiger partial charge in [-0.05, 0) is 22.9 Å². The Kier molecular flexibility index (Phi) is 4.22. The molecular weight excluding hydrogens is 358 g/mol. The molecule has 4 aromatic carbocycles. The molecule has 0 fully saturated rings. The van der Waals surface area contributed by atoms with Crippen LogP contribution in [0.15, 0.2) is 97.1 Å². The van der Waals surface area contributed by atoms with Crippen molar-refractivity contribution in [2.75, 3.05) is 0 Å². The van der Waals surface area contributed by atoms with Crippen LogP contribution in [0, 0.1) is 0 Å². The third kappa shape index (κ3) is 3.32. The molecule has 0 aliphatic carbocycles. The van der Waals surface area contributed by atoms with Gasteiger partial charge in [-0.2, -0.15) is 0 Å². The molecule has 4 nitrogen and oxygen atoms in total. The molecule has 0 bridgehead atoms. The molecule has 138 valence electrons. The number of fused-ring (bicyclic) bond motifs is 1. The molecule has 0 saturated carbocycles. The minimum atomic E-state index is 0.182. The number of rotatable bonds is 3. The standard InChI is InChI=1S/C25H17N3O/c29-20-15-19-13-7-8-14-21(19)22(16-20)25-27-23(17-9-3-1-4-10-17)26-24(28-25)18-11-5-2-6-12-18/h1-16,29H. The SMILES string of the molecule is Oc1cc(-c2nc(-c3ccccc3)nc(-c3ccccc3)n2)c2ccccc2c1. The summed E-state index contributed by atoms with van der Waals surface area (Å²) in [6.07, 6.45) is 0. The number of benzene rings is 4. The molecule has 0 unspecified atom stereocenters. The second-order valence-corrected chi connectivity index (χ2v) is 6.75. The molecule has 0 amide bonds. The highest BCUT2D eigenvalue weighted by molar-refractivity contribution is 5.96. The summed E-state index contributed by atoms with van der Waals surface area (Å²) in [4.78, 5) is 14.2. The maximum atomic E-state index is 10.3. The second-order valence-electron chi connectivity index (χ2n) is 6.75. The summed E-state index contributed by atoms with van der Waals surface area (Å²) in [5.41, 5.74) is 2.60. The first-order chi connectivity index (χ1) is 14.3. The van der Waals surface area contributed by atoms with E-state index in [2.05, 4.69) is 0 Å². The first kappa shape index (κ1) is 17.1. The lowest BCUT2D eigenvalue weighted by Crippen LogP contribution is -2.00. The van der Waals surface area contributed by atoms with E-state index in [1.165, 1.54) is 0 Å². The van der Waals surface area contributed by atoms with Gasteiger partial charge in [0, 0.05) is 16.7 Å². The van der Waals surface area contributed by atoms with E-state index in [9.17, 15) is 5.11 Å². The second kappa shape index (κ2) is 7.17. The fraction of sp³-hybridized carbons (Fsp3) is 0. The zero-order valence-electron chi connectivity index (χ0n) is 15.5. The molecule has 5 aromatic rings. The van der Waals surface area contributed by atoms with E-state index < -0.39 is 0 Å². The summed E-state index contributed by atoms with van der Waals surface area (Å²) in [6.45, 7) is 0. The van der Waals surface area contributed by atoms with Crippen molar-refractivity contribution in [3.63, 3.8) is 0 Å². The molecule has 5 rings (SSSR count). The minimum Gasteiger partial charge on any atom is -0.508 e. The summed E-state index contributed by atoms with van der Waals surface area (Å²) in [5.74, 6) is 1.91. The Labute approximate surface area is 168 Å². The van der Waals surface area contributed by atoms with Gasteiger partial charge in [-0.25, -0.2) is 15.0 Å². The van der Waals surface area contributed by atoms with Gasteiger partial charge in [0.1, 0.15) is 5.75 Å². The Bertz CT molecular complexity index is 1240. The van der Waals surface area contributed by atoms with Crippen LogP contribution in [0.1, 0.15) is 0 Å². The van der Waals surface area contributed by atoms with Crippen molar-refractivity contribution in [2.45, 2.75) is 0 Å². The van der Waals surface area contributed by atoms with Crippen LogP contribution < -0.4 is 0 Å². The molecule has 4 heteroatoms. The lowest BCUT2D eigenvalue weighted by molar-refractivity contribution is 0.476. The van der Waals surface area contributed by atoms with Gasteiger partial charge in [-0.15, -0.1) is 0 Å². The van der Waals surface area contributed by atoms with Crippen molar-refractivity contribution in [3.05, 3.63) is 97.1 Å². The Morgan fingerprint density at radius 3 is 1.66 bits per heavy atom.